The molecule has 1 amide bonds. The first-order valence-electron chi connectivity index (χ1n) is 13.1. The largest absolute Gasteiger partial charge is 0.465 e. The van der Waals surface area contributed by atoms with E-state index in [0.29, 0.717) is 41.4 Å². The van der Waals surface area contributed by atoms with Gasteiger partial charge in [0.05, 0.1) is 19.2 Å². The van der Waals surface area contributed by atoms with Gasteiger partial charge in [-0.25, -0.2) is 14.8 Å². The fourth-order valence-corrected chi connectivity index (χ4v) is 4.75. The van der Waals surface area contributed by atoms with Gasteiger partial charge in [0.15, 0.2) is 5.82 Å². The Hall–Kier alpha value is -2.23. The number of unbranched alkanes of at least 4 members (excludes halogenated alkanes) is 1. The predicted octanol–water partition coefficient (Wildman–Crippen LogP) is 5.18. The summed E-state index contributed by atoms with van der Waals surface area (Å²) < 4.78 is 10.9. The SMILES string of the molecule is CCCCC(CC)COC(=O)CCSc1ncc(N2CCC(C)(NC(=O)OC(C)(C)C)CC2)nc1N. The number of nitrogen functional groups attached to an aromatic ring is 1. The highest BCUT2D eigenvalue weighted by atomic mass is 32.2. The van der Waals surface area contributed by atoms with Gasteiger partial charge in [-0.3, -0.25) is 4.79 Å². The Bertz CT molecular complexity index is 853. The van der Waals surface area contributed by atoms with E-state index < -0.39 is 11.7 Å². The van der Waals surface area contributed by atoms with E-state index in [4.69, 9.17) is 15.2 Å². The predicted molar refractivity (Wildman–Crippen MR) is 145 cm³/mol. The average Bonchev–Trinajstić information content (AvgIpc) is 2.79. The fraction of sp³-hybridized carbons (Fsp3) is 0.769. The van der Waals surface area contributed by atoms with Crippen molar-refractivity contribution >= 4 is 35.5 Å². The third-order valence-corrected chi connectivity index (χ3v) is 7.31. The number of hydrogen-bond donors (Lipinski definition) is 2. The van der Waals surface area contributed by atoms with Crippen LogP contribution in [-0.2, 0) is 14.3 Å². The molecule has 204 valence electrons. The second-order valence-electron chi connectivity index (χ2n) is 10.8. The maximum atomic E-state index is 12.2. The van der Waals surface area contributed by atoms with E-state index in [-0.39, 0.29) is 11.5 Å². The number of amides is 1. The molecular formula is C26H45N5O4S. The van der Waals surface area contributed by atoms with Gasteiger partial charge in [-0.2, -0.15) is 0 Å². The van der Waals surface area contributed by atoms with Crippen molar-refractivity contribution in [2.75, 3.05) is 36.1 Å². The number of aromatic nitrogens is 2. The Balaban J connectivity index is 1.78. The Morgan fingerprint density at radius 1 is 1.28 bits per heavy atom. The normalized spacial score (nSPS) is 16.3. The highest BCUT2D eigenvalue weighted by Crippen LogP contribution is 2.28. The highest BCUT2D eigenvalue weighted by Gasteiger charge is 2.33. The zero-order valence-electron chi connectivity index (χ0n) is 22.9. The summed E-state index contributed by atoms with van der Waals surface area (Å²) in [5.41, 5.74) is 5.31. The number of carbonyl (C=O) groups excluding carboxylic acids is 2. The van der Waals surface area contributed by atoms with Gasteiger partial charge in [0, 0.05) is 24.4 Å². The van der Waals surface area contributed by atoms with Crippen LogP contribution < -0.4 is 16.0 Å². The number of thioether (sulfide) groups is 1. The van der Waals surface area contributed by atoms with E-state index in [1.807, 2.05) is 27.7 Å². The number of anilines is 2. The fourth-order valence-electron chi connectivity index (χ4n) is 3.96. The molecular weight excluding hydrogens is 478 g/mol. The Labute approximate surface area is 220 Å². The van der Waals surface area contributed by atoms with Gasteiger partial charge in [0.1, 0.15) is 16.4 Å². The third-order valence-electron chi connectivity index (χ3n) is 6.31. The number of nitrogens with zero attached hydrogens (tertiary/aromatic N) is 3. The topological polar surface area (TPSA) is 120 Å². The lowest BCUT2D eigenvalue weighted by molar-refractivity contribution is -0.144. The van der Waals surface area contributed by atoms with Crippen molar-refractivity contribution in [2.45, 2.75) is 103 Å². The van der Waals surface area contributed by atoms with Crippen LogP contribution in [0.1, 0.15) is 86.5 Å². The van der Waals surface area contributed by atoms with Gasteiger partial charge >= 0.3 is 12.1 Å². The molecule has 1 aliphatic rings. The molecule has 1 aromatic heterocycles. The van der Waals surface area contributed by atoms with Gasteiger partial charge in [-0.05, 0) is 52.9 Å². The van der Waals surface area contributed by atoms with Gasteiger partial charge in [0.2, 0.25) is 0 Å². The molecule has 1 aliphatic heterocycles. The molecule has 0 saturated carbocycles. The van der Waals surface area contributed by atoms with Crippen molar-refractivity contribution in [1.82, 2.24) is 15.3 Å². The minimum absolute atomic E-state index is 0.183. The first-order valence-corrected chi connectivity index (χ1v) is 14.1. The molecule has 9 nitrogen and oxygen atoms in total. The molecule has 36 heavy (non-hydrogen) atoms. The summed E-state index contributed by atoms with van der Waals surface area (Å²) in [6, 6.07) is 0. The molecule has 1 unspecified atom stereocenters. The van der Waals surface area contributed by atoms with Crippen molar-refractivity contribution in [3.63, 3.8) is 0 Å². The Kier molecular flexibility index (Phi) is 11.6. The number of nitrogens with two attached hydrogens (primary N) is 1. The zero-order chi connectivity index (χ0) is 26.8. The second-order valence-corrected chi connectivity index (χ2v) is 11.9. The van der Waals surface area contributed by atoms with Crippen LogP contribution in [0.25, 0.3) is 0 Å². The summed E-state index contributed by atoms with van der Waals surface area (Å²) in [4.78, 5) is 35.5. The Morgan fingerprint density at radius 2 is 1.97 bits per heavy atom. The van der Waals surface area contributed by atoms with E-state index >= 15 is 0 Å². The molecule has 2 heterocycles. The number of esters is 1. The lowest BCUT2D eigenvalue weighted by Gasteiger charge is -2.40. The highest BCUT2D eigenvalue weighted by molar-refractivity contribution is 7.99. The van der Waals surface area contributed by atoms with Crippen molar-refractivity contribution in [3.05, 3.63) is 6.20 Å². The van der Waals surface area contributed by atoms with Crippen molar-refractivity contribution in [1.29, 1.82) is 0 Å². The van der Waals surface area contributed by atoms with E-state index in [1.165, 1.54) is 18.2 Å². The lowest BCUT2D eigenvalue weighted by atomic mass is 9.90. The summed E-state index contributed by atoms with van der Waals surface area (Å²) in [6.07, 6.45) is 7.60. The summed E-state index contributed by atoms with van der Waals surface area (Å²) in [7, 11) is 0. The Morgan fingerprint density at radius 3 is 2.56 bits per heavy atom. The van der Waals surface area contributed by atoms with E-state index in [9.17, 15) is 9.59 Å². The number of ether oxygens (including phenoxy) is 2. The lowest BCUT2D eigenvalue weighted by Crippen LogP contribution is -2.54. The molecule has 0 radical (unpaired) electrons. The number of hydrogen-bond acceptors (Lipinski definition) is 9. The maximum absolute atomic E-state index is 12.2. The monoisotopic (exact) mass is 523 g/mol. The van der Waals surface area contributed by atoms with Crippen molar-refractivity contribution in [2.24, 2.45) is 5.92 Å². The van der Waals surface area contributed by atoms with Crippen LogP contribution in [0.15, 0.2) is 11.2 Å². The molecule has 1 fully saturated rings. The summed E-state index contributed by atoms with van der Waals surface area (Å²) in [5, 5.41) is 3.63. The number of nitrogens with one attached hydrogen (secondary N) is 1. The van der Waals surface area contributed by atoms with E-state index in [0.717, 1.165) is 45.2 Å². The van der Waals surface area contributed by atoms with Crippen LogP contribution in [0, 0.1) is 5.92 Å². The number of alkyl carbamates (subject to hydrolysis) is 1. The maximum Gasteiger partial charge on any atom is 0.408 e. The van der Waals surface area contributed by atoms with Crippen LogP contribution in [0.2, 0.25) is 0 Å². The van der Waals surface area contributed by atoms with Crippen LogP contribution in [0.3, 0.4) is 0 Å². The van der Waals surface area contributed by atoms with Gasteiger partial charge in [-0.15, -0.1) is 11.8 Å². The number of rotatable bonds is 12. The summed E-state index contributed by atoms with van der Waals surface area (Å²) >= 11 is 1.42. The average molecular weight is 524 g/mol. The first kappa shape index (κ1) is 30.0. The molecule has 1 aromatic rings. The molecule has 0 spiro atoms. The minimum Gasteiger partial charge on any atom is -0.465 e. The van der Waals surface area contributed by atoms with Crippen LogP contribution >= 0.6 is 11.8 Å². The van der Waals surface area contributed by atoms with Crippen molar-refractivity contribution < 1.29 is 19.1 Å². The van der Waals surface area contributed by atoms with Crippen LogP contribution in [-0.4, -0.2) is 58.6 Å². The van der Waals surface area contributed by atoms with E-state index in [2.05, 4.69) is 34.0 Å². The molecule has 0 aromatic carbocycles. The van der Waals surface area contributed by atoms with Gasteiger partial charge in [0.25, 0.3) is 0 Å². The molecule has 3 N–H and O–H groups in total. The van der Waals surface area contributed by atoms with Crippen LogP contribution in [0.4, 0.5) is 16.4 Å². The molecule has 0 bridgehead atoms. The quantitative estimate of drug-likeness (QED) is 0.282. The number of carbonyl (C=O) groups is 2. The summed E-state index contributed by atoms with van der Waals surface area (Å²) in [6.45, 7) is 13.8. The summed E-state index contributed by atoms with van der Waals surface area (Å²) in [5.74, 6) is 1.87. The van der Waals surface area contributed by atoms with Gasteiger partial charge < -0.3 is 25.4 Å². The molecule has 2 rings (SSSR count). The standard InChI is InChI=1S/C26H45N5O4S/c1-7-9-10-19(8-2)18-34-21(32)11-16-36-23-22(27)29-20(17-28-23)31-14-12-26(6,13-15-31)30-24(33)35-25(3,4)5/h17,19H,7-16,18H2,1-6H3,(H2,27,29)(H,30,33). The second kappa shape index (κ2) is 13.9. The third kappa shape index (κ3) is 10.4. The molecule has 1 saturated heterocycles. The molecule has 1 atom stereocenters. The smallest absolute Gasteiger partial charge is 0.408 e. The number of piperidine rings is 1. The minimum atomic E-state index is -0.527. The van der Waals surface area contributed by atoms with Crippen molar-refractivity contribution in [3.8, 4) is 0 Å². The first-order chi connectivity index (χ1) is 16.9. The van der Waals surface area contributed by atoms with Crippen LogP contribution in [0.5, 0.6) is 0 Å². The molecule has 10 heteroatoms. The van der Waals surface area contributed by atoms with Gasteiger partial charge in [-0.1, -0.05) is 33.1 Å². The zero-order valence-corrected chi connectivity index (χ0v) is 23.7. The molecule has 0 aliphatic carbocycles. The van der Waals surface area contributed by atoms with E-state index in [1.54, 1.807) is 6.20 Å².